The van der Waals surface area contributed by atoms with Gasteiger partial charge in [0.2, 0.25) is 10.0 Å². The van der Waals surface area contributed by atoms with Gasteiger partial charge in [-0.15, -0.1) is 0 Å². The zero-order valence-electron chi connectivity index (χ0n) is 11.7. The van der Waals surface area contributed by atoms with E-state index in [-0.39, 0.29) is 16.8 Å². The quantitative estimate of drug-likeness (QED) is 0.680. The van der Waals surface area contributed by atoms with Crippen LogP contribution in [-0.2, 0) is 10.0 Å². The van der Waals surface area contributed by atoms with Crippen molar-refractivity contribution in [2.45, 2.75) is 31.2 Å². The molecule has 0 saturated heterocycles. The maximum Gasteiger partial charge on any atom is 0.251 e. The highest BCUT2D eigenvalue weighted by atomic mass is 32.2. The lowest BCUT2D eigenvalue weighted by molar-refractivity contribution is 0.0954. The third-order valence-corrected chi connectivity index (χ3v) is 4.43. The smallest absolute Gasteiger partial charge is 0.251 e. The Bertz CT molecular complexity index is 540. The third-order valence-electron chi connectivity index (χ3n) is 2.83. The summed E-state index contributed by atoms with van der Waals surface area (Å²) >= 11 is 0. The predicted molar refractivity (Wildman–Crippen MR) is 77.9 cm³/mol. The first-order chi connectivity index (χ1) is 9.40. The number of amides is 1. The van der Waals surface area contributed by atoms with Crippen molar-refractivity contribution in [3.63, 3.8) is 0 Å². The summed E-state index contributed by atoms with van der Waals surface area (Å²) in [5.74, 6) is -0.269. The van der Waals surface area contributed by atoms with Crippen LogP contribution >= 0.6 is 0 Å². The maximum absolute atomic E-state index is 12.0. The first-order valence-corrected chi connectivity index (χ1v) is 7.99. The Morgan fingerprint density at radius 1 is 1.30 bits per heavy atom. The van der Waals surface area contributed by atoms with Crippen LogP contribution in [0.3, 0.4) is 0 Å². The SMILES string of the molecule is CCC(C)NS(=O)(=O)c1ccc(C(=O)NCCN)cc1. The van der Waals surface area contributed by atoms with Crippen LogP contribution in [0.15, 0.2) is 29.2 Å². The minimum Gasteiger partial charge on any atom is -0.351 e. The van der Waals surface area contributed by atoms with Gasteiger partial charge in [0.15, 0.2) is 0 Å². The molecule has 7 heteroatoms. The number of hydrogen-bond acceptors (Lipinski definition) is 4. The van der Waals surface area contributed by atoms with Gasteiger partial charge in [-0.3, -0.25) is 4.79 Å². The second kappa shape index (κ2) is 7.37. The van der Waals surface area contributed by atoms with Crippen molar-refractivity contribution >= 4 is 15.9 Å². The van der Waals surface area contributed by atoms with Crippen molar-refractivity contribution in [2.24, 2.45) is 5.73 Å². The van der Waals surface area contributed by atoms with Crippen LogP contribution in [0.1, 0.15) is 30.6 Å². The Kier molecular flexibility index (Phi) is 6.12. The topological polar surface area (TPSA) is 101 Å². The van der Waals surface area contributed by atoms with Crippen LogP contribution in [0.2, 0.25) is 0 Å². The zero-order valence-corrected chi connectivity index (χ0v) is 12.5. The van der Waals surface area contributed by atoms with Gasteiger partial charge < -0.3 is 11.1 Å². The molecule has 1 rings (SSSR count). The molecule has 1 unspecified atom stereocenters. The molecule has 1 amide bonds. The third kappa shape index (κ3) is 4.59. The standard InChI is InChI=1S/C13H21N3O3S/c1-3-10(2)16-20(18,19)12-6-4-11(5-7-12)13(17)15-9-8-14/h4-7,10,16H,3,8-9,14H2,1-2H3,(H,15,17). The van der Waals surface area contributed by atoms with Gasteiger partial charge in [-0.2, -0.15) is 0 Å². The highest BCUT2D eigenvalue weighted by Gasteiger charge is 2.16. The molecule has 0 aliphatic carbocycles. The minimum atomic E-state index is -3.53. The molecular formula is C13H21N3O3S. The van der Waals surface area contributed by atoms with Gasteiger partial charge in [0.05, 0.1) is 4.90 Å². The molecule has 0 aromatic heterocycles. The summed E-state index contributed by atoms with van der Waals surface area (Å²) in [6.45, 7) is 4.44. The summed E-state index contributed by atoms with van der Waals surface area (Å²) in [6, 6.07) is 5.67. The van der Waals surface area contributed by atoms with E-state index in [4.69, 9.17) is 5.73 Å². The van der Waals surface area contributed by atoms with Crippen molar-refractivity contribution in [1.29, 1.82) is 0 Å². The zero-order chi connectivity index (χ0) is 15.2. The Labute approximate surface area is 119 Å². The number of carbonyl (C=O) groups excluding carboxylic acids is 1. The van der Waals surface area contributed by atoms with Gasteiger partial charge in [0.1, 0.15) is 0 Å². The molecule has 112 valence electrons. The summed E-state index contributed by atoms with van der Waals surface area (Å²) in [7, 11) is -3.53. The monoisotopic (exact) mass is 299 g/mol. The Morgan fingerprint density at radius 2 is 1.90 bits per heavy atom. The number of nitrogens with two attached hydrogens (primary N) is 1. The van der Waals surface area contributed by atoms with Gasteiger partial charge >= 0.3 is 0 Å². The molecule has 0 heterocycles. The van der Waals surface area contributed by atoms with Gasteiger partial charge in [-0.05, 0) is 37.6 Å². The lowest BCUT2D eigenvalue weighted by Gasteiger charge is -2.12. The van der Waals surface area contributed by atoms with Gasteiger partial charge in [-0.25, -0.2) is 13.1 Å². The first-order valence-electron chi connectivity index (χ1n) is 6.51. The van der Waals surface area contributed by atoms with Crippen LogP contribution in [0.5, 0.6) is 0 Å². The van der Waals surface area contributed by atoms with Crippen molar-refractivity contribution in [2.75, 3.05) is 13.1 Å². The van der Waals surface area contributed by atoms with E-state index >= 15 is 0 Å². The van der Waals surface area contributed by atoms with Gasteiger partial charge in [-0.1, -0.05) is 6.92 Å². The van der Waals surface area contributed by atoms with Crippen LogP contribution in [0.25, 0.3) is 0 Å². The van der Waals surface area contributed by atoms with E-state index in [0.717, 1.165) is 0 Å². The van der Waals surface area contributed by atoms with E-state index in [1.165, 1.54) is 24.3 Å². The molecule has 0 aliphatic rings. The number of benzene rings is 1. The maximum atomic E-state index is 12.0. The fourth-order valence-corrected chi connectivity index (χ4v) is 2.82. The Morgan fingerprint density at radius 3 is 2.40 bits per heavy atom. The van der Waals surface area contributed by atoms with E-state index in [2.05, 4.69) is 10.0 Å². The van der Waals surface area contributed by atoms with Crippen molar-refractivity contribution in [1.82, 2.24) is 10.0 Å². The molecule has 0 saturated carbocycles. The van der Waals surface area contributed by atoms with E-state index in [9.17, 15) is 13.2 Å². The van der Waals surface area contributed by atoms with Gasteiger partial charge in [0.25, 0.3) is 5.91 Å². The second-order valence-corrected chi connectivity index (χ2v) is 6.21. The Balaban J connectivity index is 2.83. The van der Waals surface area contributed by atoms with E-state index < -0.39 is 10.0 Å². The van der Waals surface area contributed by atoms with Crippen LogP contribution < -0.4 is 15.8 Å². The summed E-state index contributed by atoms with van der Waals surface area (Å²) in [6.07, 6.45) is 0.707. The molecule has 0 fully saturated rings. The molecule has 0 aliphatic heterocycles. The average Bonchev–Trinajstić information content (AvgIpc) is 2.44. The summed E-state index contributed by atoms with van der Waals surface area (Å²) in [5.41, 5.74) is 5.70. The van der Waals surface area contributed by atoms with E-state index in [1.807, 2.05) is 6.92 Å². The van der Waals surface area contributed by atoms with Crippen LogP contribution in [0, 0.1) is 0 Å². The number of carbonyl (C=O) groups is 1. The van der Waals surface area contributed by atoms with Crippen molar-refractivity contribution in [3.05, 3.63) is 29.8 Å². The predicted octanol–water partition coefficient (Wildman–Crippen LogP) is 0.452. The molecule has 0 radical (unpaired) electrons. The molecule has 20 heavy (non-hydrogen) atoms. The molecule has 4 N–H and O–H groups in total. The highest BCUT2D eigenvalue weighted by Crippen LogP contribution is 2.11. The van der Waals surface area contributed by atoms with Crippen LogP contribution in [0.4, 0.5) is 0 Å². The van der Waals surface area contributed by atoms with Crippen molar-refractivity contribution < 1.29 is 13.2 Å². The van der Waals surface area contributed by atoms with E-state index in [0.29, 0.717) is 25.1 Å². The fourth-order valence-electron chi connectivity index (χ4n) is 1.49. The normalized spacial score (nSPS) is 12.9. The second-order valence-electron chi connectivity index (χ2n) is 4.50. The molecule has 1 aromatic carbocycles. The largest absolute Gasteiger partial charge is 0.351 e. The highest BCUT2D eigenvalue weighted by molar-refractivity contribution is 7.89. The molecule has 6 nitrogen and oxygen atoms in total. The number of rotatable bonds is 7. The summed E-state index contributed by atoms with van der Waals surface area (Å²) in [4.78, 5) is 11.8. The van der Waals surface area contributed by atoms with E-state index in [1.54, 1.807) is 6.92 Å². The first kappa shape index (κ1) is 16.6. The summed E-state index contributed by atoms with van der Waals surface area (Å²) in [5, 5.41) is 2.62. The fraction of sp³-hybridized carbons (Fsp3) is 0.462. The number of sulfonamides is 1. The lowest BCUT2D eigenvalue weighted by atomic mass is 10.2. The molecule has 0 spiro atoms. The lowest BCUT2D eigenvalue weighted by Crippen LogP contribution is -2.32. The molecule has 1 aromatic rings. The van der Waals surface area contributed by atoms with Crippen molar-refractivity contribution in [3.8, 4) is 0 Å². The number of hydrogen-bond donors (Lipinski definition) is 3. The van der Waals surface area contributed by atoms with Gasteiger partial charge in [0, 0.05) is 24.7 Å². The average molecular weight is 299 g/mol. The molecule has 1 atom stereocenters. The number of nitrogens with one attached hydrogen (secondary N) is 2. The molecular weight excluding hydrogens is 278 g/mol. The molecule has 0 bridgehead atoms. The van der Waals surface area contributed by atoms with Crippen LogP contribution in [-0.4, -0.2) is 33.5 Å². The Hall–Kier alpha value is -1.44. The summed E-state index contributed by atoms with van der Waals surface area (Å²) < 4.78 is 26.6. The minimum absolute atomic E-state index is 0.132.